The van der Waals surface area contributed by atoms with Gasteiger partial charge in [0.05, 0.1) is 17.0 Å². The number of carboxylic acid groups (broad SMARTS) is 1. The Bertz CT molecular complexity index is 1030. The summed E-state index contributed by atoms with van der Waals surface area (Å²) in [5.41, 5.74) is 1.53. The lowest BCUT2D eigenvalue weighted by Crippen LogP contribution is -2.36. The van der Waals surface area contributed by atoms with Gasteiger partial charge in [-0.3, -0.25) is 9.69 Å². The molecule has 3 aromatic rings. The fraction of sp³-hybridized carbons (Fsp3) is 0.318. The topological polar surface area (TPSA) is 45.5 Å². The second kappa shape index (κ2) is 7.55. The first kappa shape index (κ1) is 19.5. The SMILES string of the molecule is O=C(O)C1CCN(Cc2cc3ccccc3n2-c2cccc(C(F)(F)F)c2)CC1. The molecule has 1 aromatic heterocycles. The fourth-order valence-corrected chi connectivity index (χ4v) is 4.02. The van der Waals surface area contributed by atoms with Crippen LogP contribution in [0.15, 0.2) is 54.6 Å². The molecule has 4 rings (SSSR count). The highest BCUT2D eigenvalue weighted by molar-refractivity contribution is 5.83. The highest BCUT2D eigenvalue weighted by atomic mass is 19.4. The summed E-state index contributed by atoms with van der Waals surface area (Å²) in [6.45, 7) is 1.86. The Kier molecular flexibility index (Phi) is 5.08. The molecular weight excluding hydrogens is 381 g/mol. The predicted octanol–water partition coefficient (Wildman–Crippen LogP) is 4.95. The number of carboxylic acids is 1. The zero-order valence-corrected chi connectivity index (χ0v) is 15.7. The Morgan fingerprint density at radius 2 is 1.76 bits per heavy atom. The molecule has 2 aromatic carbocycles. The van der Waals surface area contributed by atoms with Crippen LogP contribution in [0.5, 0.6) is 0 Å². The minimum Gasteiger partial charge on any atom is -0.481 e. The molecule has 29 heavy (non-hydrogen) atoms. The second-order valence-electron chi connectivity index (χ2n) is 7.47. The molecule has 152 valence electrons. The molecular formula is C22H21F3N2O2. The number of piperidine rings is 1. The Morgan fingerprint density at radius 1 is 1.03 bits per heavy atom. The number of benzene rings is 2. The van der Waals surface area contributed by atoms with Gasteiger partial charge in [-0.25, -0.2) is 0 Å². The number of para-hydroxylation sites is 1. The molecule has 4 nitrogen and oxygen atoms in total. The van der Waals surface area contributed by atoms with Crippen molar-refractivity contribution in [2.45, 2.75) is 25.6 Å². The fourth-order valence-electron chi connectivity index (χ4n) is 4.02. The third-order valence-electron chi connectivity index (χ3n) is 5.54. The van der Waals surface area contributed by atoms with Crippen molar-refractivity contribution in [2.24, 2.45) is 5.92 Å². The number of rotatable bonds is 4. The van der Waals surface area contributed by atoms with Gasteiger partial charge in [-0.15, -0.1) is 0 Å². The van der Waals surface area contributed by atoms with Crippen molar-refractivity contribution in [2.75, 3.05) is 13.1 Å². The first-order chi connectivity index (χ1) is 13.8. The minimum atomic E-state index is -4.40. The molecule has 2 heterocycles. The van der Waals surface area contributed by atoms with Crippen LogP contribution < -0.4 is 0 Å². The zero-order valence-electron chi connectivity index (χ0n) is 15.7. The molecule has 1 aliphatic rings. The van der Waals surface area contributed by atoms with Crippen LogP contribution in [-0.4, -0.2) is 33.6 Å². The Labute approximate surface area is 166 Å². The standard InChI is InChI=1S/C22H21F3N2O2/c23-22(24,25)17-5-3-6-18(13-17)27-19(12-16-4-1-2-7-20(16)27)14-26-10-8-15(9-11-26)21(28)29/h1-7,12-13,15H,8-11,14H2,(H,28,29). The van der Waals surface area contributed by atoms with E-state index < -0.39 is 17.7 Å². The van der Waals surface area contributed by atoms with E-state index in [1.165, 1.54) is 12.1 Å². The number of aromatic nitrogens is 1. The molecule has 0 amide bonds. The predicted molar refractivity (Wildman–Crippen MR) is 104 cm³/mol. The number of fused-ring (bicyclic) bond motifs is 1. The third-order valence-corrected chi connectivity index (χ3v) is 5.54. The molecule has 1 N–H and O–H groups in total. The van der Waals surface area contributed by atoms with Crippen LogP contribution in [0.2, 0.25) is 0 Å². The van der Waals surface area contributed by atoms with Gasteiger partial charge in [0.15, 0.2) is 0 Å². The van der Waals surface area contributed by atoms with E-state index in [1.807, 2.05) is 34.9 Å². The maximum absolute atomic E-state index is 13.2. The average molecular weight is 402 g/mol. The largest absolute Gasteiger partial charge is 0.481 e. The number of hydrogen-bond donors (Lipinski definition) is 1. The highest BCUT2D eigenvalue weighted by Crippen LogP contribution is 2.32. The second-order valence-corrected chi connectivity index (χ2v) is 7.47. The van der Waals surface area contributed by atoms with Gasteiger partial charge in [-0.05, 0) is 56.3 Å². The third kappa shape index (κ3) is 4.00. The van der Waals surface area contributed by atoms with Crippen LogP contribution in [0.3, 0.4) is 0 Å². The highest BCUT2D eigenvalue weighted by Gasteiger charge is 2.31. The van der Waals surface area contributed by atoms with Crippen molar-refractivity contribution in [3.05, 3.63) is 65.9 Å². The Balaban J connectivity index is 1.70. The van der Waals surface area contributed by atoms with Gasteiger partial charge in [0.2, 0.25) is 0 Å². The smallest absolute Gasteiger partial charge is 0.416 e. The molecule has 0 atom stereocenters. The van der Waals surface area contributed by atoms with E-state index in [1.54, 1.807) is 6.07 Å². The maximum atomic E-state index is 13.2. The molecule has 1 aliphatic heterocycles. The summed E-state index contributed by atoms with van der Waals surface area (Å²) in [6, 6.07) is 15.0. The van der Waals surface area contributed by atoms with Crippen molar-refractivity contribution in [1.29, 1.82) is 0 Å². The van der Waals surface area contributed by atoms with Crippen LogP contribution >= 0.6 is 0 Å². The monoisotopic (exact) mass is 402 g/mol. The van der Waals surface area contributed by atoms with Crippen molar-refractivity contribution in [3.8, 4) is 5.69 Å². The van der Waals surface area contributed by atoms with E-state index in [0.29, 0.717) is 38.2 Å². The molecule has 0 saturated carbocycles. The van der Waals surface area contributed by atoms with E-state index in [0.717, 1.165) is 22.7 Å². The van der Waals surface area contributed by atoms with E-state index in [4.69, 9.17) is 0 Å². The number of hydrogen-bond acceptors (Lipinski definition) is 2. The van der Waals surface area contributed by atoms with Crippen LogP contribution in [0.4, 0.5) is 13.2 Å². The quantitative estimate of drug-likeness (QED) is 0.672. The normalized spacial score (nSPS) is 16.4. The van der Waals surface area contributed by atoms with E-state index in [2.05, 4.69) is 4.90 Å². The van der Waals surface area contributed by atoms with Gasteiger partial charge in [0, 0.05) is 23.3 Å². The van der Waals surface area contributed by atoms with Crippen molar-refractivity contribution >= 4 is 16.9 Å². The number of halogens is 3. The van der Waals surface area contributed by atoms with Gasteiger partial charge in [-0.2, -0.15) is 13.2 Å². The van der Waals surface area contributed by atoms with E-state index >= 15 is 0 Å². The minimum absolute atomic E-state index is 0.319. The zero-order chi connectivity index (χ0) is 20.6. The summed E-state index contributed by atoms with van der Waals surface area (Å²) in [6.07, 6.45) is -3.24. The van der Waals surface area contributed by atoms with Crippen molar-refractivity contribution < 1.29 is 23.1 Å². The molecule has 1 saturated heterocycles. The molecule has 0 bridgehead atoms. The number of nitrogens with zero attached hydrogens (tertiary/aromatic N) is 2. The van der Waals surface area contributed by atoms with E-state index in [9.17, 15) is 23.1 Å². The first-order valence-electron chi connectivity index (χ1n) is 9.55. The van der Waals surface area contributed by atoms with Gasteiger partial charge in [-0.1, -0.05) is 24.3 Å². The number of likely N-dealkylation sites (tertiary alicyclic amines) is 1. The van der Waals surface area contributed by atoms with Crippen LogP contribution in [-0.2, 0) is 17.5 Å². The van der Waals surface area contributed by atoms with Gasteiger partial charge >= 0.3 is 12.1 Å². The summed E-state index contributed by atoms with van der Waals surface area (Å²) in [5, 5.41) is 10.1. The summed E-state index contributed by atoms with van der Waals surface area (Å²) >= 11 is 0. The molecule has 0 spiro atoms. The summed E-state index contributed by atoms with van der Waals surface area (Å²) < 4.78 is 41.6. The molecule has 7 heteroatoms. The molecule has 0 aliphatic carbocycles. The maximum Gasteiger partial charge on any atom is 0.416 e. The summed E-state index contributed by atoms with van der Waals surface area (Å²) in [7, 11) is 0. The summed E-state index contributed by atoms with van der Waals surface area (Å²) in [5.74, 6) is -1.08. The van der Waals surface area contributed by atoms with Crippen molar-refractivity contribution in [3.63, 3.8) is 0 Å². The summed E-state index contributed by atoms with van der Waals surface area (Å²) in [4.78, 5) is 13.3. The average Bonchev–Trinajstić information content (AvgIpc) is 3.05. The van der Waals surface area contributed by atoms with Gasteiger partial charge in [0.25, 0.3) is 0 Å². The van der Waals surface area contributed by atoms with Crippen LogP contribution in [0.1, 0.15) is 24.1 Å². The lowest BCUT2D eigenvalue weighted by molar-refractivity contribution is -0.143. The number of alkyl halides is 3. The molecule has 0 unspecified atom stereocenters. The Morgan fingerprint density at radius 3 is 2.45 bits per heavy atom. The van der Waals surface area contributed by atoms with Gasteiger partial charge in [0.1, 0.15) is 0 Å². The van der Waals surface area contributed by atoms with Crippen LogP contribution in [0.25, 0.3) is 16.6 Å². The molecule has 1 fully saturated rings. The van der Waals surface area contributed by atoms with Crippen LogP contribution in [0, 0.1) is 5.92 Å². The lowest BCUT2D eigenvalue weighted by atomic mass is 9.97. The van der Waals surface area contributed by atoms with Crippen molar-refractivity contribution in [1.82, 2.24) is 9.47 Å². The van der Waals surface area contributed by atoms with Gasteiger partial charge < -0.3 is 9.67 Å². The first-order valence-corrected chi connectivity index (χ1v) is 9.55. The number of aliphatic carboxylic acids is 1. The lowest BCUT2D eigenvalue weighted by Gasteiger charge is -2.30. The molecule has 0 radical (unpaired) electrons. The Hall–Kier alpha value is -2.80. The van der Waals surface area contributed by atoms with E-state index in [-0.39, 0.29) is 5.92 Å². The number of carbonyl (C=O) groups is 1.